The van der Waals surface area contributed by atoms with Crippen LogP contribution in [0.4, 0.5) is 0 Å². The molecule has 0 saturated carbocycles. The maximum atomic E-state index is 5.97. The van der Waals surface area contributed by atoms with Crippen LogP contribution in [0.15, 0.2) is 51.4 Å². The van der Waals surface area contributed by atoms with Crippen LogP contribution < -0.4 is 0 Å². The molecule has 0 atom stereocenters. The third kappa shape index (κ3) is 2.77. The fraction of sp³-hybridized carbons (Fsp3) is 0.167. The van der Waals surface area contributed by atoms with Crippen LogP contribution in [0.25, 0.3) is 0 Å². The van der Waals surface area contributed by atoms with Crippen molar-refractivity contribution in [1.29, 1.82) is 0 Å². The van der Waals surface area contributed by atoms with Gasteiger partial charge >= 0.3 is 0 Å². The van der Waals surface area contributed by atoms with Crippen LogP contribution >= 0.6 is 11.6 Å². The Balaban J connectivity index is 2.12. The fourth-order valence-corrected chi connectivity index (χ4v) is 1.52. The van der Waals surface area contributed by atoms with Crippen LogP contribution in [0.1, 0.15) is 12.0 Å². The molecule has 1 aromatic rings. The highest BCUT2D eigenvalue weighted by Crippen LogP contribution is 2.12. The van der Waals surface area contributed by atoms with E-state index in [-0.39, 0.29) is 0 Å². The third-order valence-corrected chi connectivity index (χ3v) is 2.39. The number of rotatable bonds is 1. The molecule has 0 unspecified atom stereocenters. The first-order valence-corrected chi connectivity index (χ1v) is 5.23. The van der Waals surface area contributed by atoms with Crippen LogP contribution in [0.5, 0.6) is 0 Å². The average Bonchev–Trinajstić information content (AvgIpc) is 2.29. The molecule has 0 spiro atoms. The summed E-state index contributed by atoms with van der Waals surface area (Å²) in [6.07, 6.45) is 4.63. The zero-order chi connectivity index (χ0) is 10.5. The van der Waals surface area contributed by atoms with E-state index >= 15 is 0 Å². The molecular formula is C12H11ClN2. The summed E-state index contributed by atoms with van der Waals surface area (Å²) in [5.74, 6) is 0.631. The molecule has 0 radical (unpaired) electrons. The van der Waals surface area contributed by atoms with Gasteiger partial charge in [-0.15, -0.1) is 0 Å². The van der Waals surface area contributed by atoms with Crippen molar-refractivity contribution in [3.05, 3.63) is 47.0 Å². The molecule has 1 aliphatic heterocycles. The monoisotopic (exact) mass is 218 g/mol. The predicted molar refractivity (Wildman–Crippen MR) is 64.9 cm³/mol. The lowest BCUT2D eigenvalue weighted by Crippen LogP contribution is -2.02. The molecule has 1 aliphatic rings. The Bertz CT molecular complexity index is 419. The Hall–Kier alpha value is -1.41. The van der Waals surface area contributed by atoms with E-state index in [2.05, 4.69) is 9.98 Å². The molecule has 76 valence electrons. The largest absolute Gasteiger partial charge is 0.265 e. The van der Waals surface area contributed by atoms with Crippen LogP contribution in [0.2, 0.25) is 0 Å². The van der Waals surface area contributed by atoms with Gasteiger partial charge in [0.05, 0.1) is 5.03 Å². The fourth-order valence-electron chi connectivity index (χ4n) is 1.31. The van der Waals surface area contributed by atoms with Crippen molar-refractivity contribution in [3.8, 4) is 0 Å². The van der Waals surface area contributed by atoms with Gasteiger partial charge in [0.2, 0.25) is 0 Å². The number of amidine groups is 1. The first-order chi connectivity index (χ1) is 7.36. The summed E-state index contributed by atoms with van der Waals surface area (Å²) in [6.45, 7) is 0.775. The van der Waals surface area contributed by atoms with Gasteiger partial charge in [0, 0.05) is 12.8 Å². The summed E-state index contributed by atoms with van der Waals surface area (Å²) in [5, 5.41) is 0.647. The molecule has 0 aromatic heterocycles. The van der Waals surface area contributed by atoms with Crippen LogP contribution in [-0.2, 0) is 0 Å². The van der Waals surface area contributed by atoms with Gasteiger partial charge in [-0.05, 0) is 12.0 Å². The van der Waals surface area contributed by atoms with Gasteiger partial charge in [0.15, 0.2) is 5.84 Å². The molecule has 0 aliphatic carbocycles. The van der Waals surface area contributed by atoms with E-state index in [1.807, 2.05) is 36.4 Å². The van der Waals surface area contributed by atoms with E-state index in [0.29, 0.717) is 10.9 Å². The van der Waals surface area contributed by atoms with Crippen molar-refractivity contribution in [1.82, 2.24) is 0 Å². The zero-order valence-electron chi connectivity index (χ0n) is 8.23. The predicted octanol–water partition coefficient (Wildman–Crippen LogP) is 3.03. The molecule has 15 heavy (non-hydrogen) atoms. The molecule has 1 heterocycles. The quantitative estimate of drug-likeness (QED) is 0.648. The molecule has 0 saturated heterocycles. The minimum atomic E-state index is 0.631. The normalized spacial score (nSPS) is 16.3. The topological polar surface area (TPSA) is 24.7 Å². The number of hydrogen-bond acceptors (Lipinski definition) is 2. The Morgan fingerprint density at radius 3 is 2.80 bits per heavy atom. The Morgan fingerprint density at radius 2 is 2.07 bits per heavy atom. The number of dihydropyridines is 1. The second kappa shape index (κ2) is 4.89. The second-order valence-corrected chi connectivity index (χ2v) is 3.62. The maximum absolute atomic E-state index is 5.97. The van der Waals surface area contributed by atoms with Gasteiger partial charge < -0.3 is 0 Å². The summed E-state index contributed by atoms with van der Waals surface area (Å²) < 4.78 is 0. The standard InChI is InChI=1S/C12H11ClN2/c13-11-7-4-8-14-12(11)15-9-10-5-2-1-3-6-10/h1-3,5-7,9H,4,8H2. The highest BCUT2D eigenvalue weighted by molar-refractivity contribution is 6.43. The van der Waals surface area contributed by atoms with Gasteiger partial charge in [0.1, 0.15) is 0 Å². The molecule has 0 fully saturated rings. The van der Waals surface area contributed by atoms with E-state index in [0.717, 1.165) is 18.5 Å². The number of aliphatic imine (C=N–C) groups is 2. The van der Waals surface area contributed by atoms with Gasteiger partial charge in [-0.25, -0.2) is 4.99 Å². The average molecular weight is 219 g/mol. The summed E-state index contributed by atoms with van der Waals surface area (Å²) in [6, 6.07) is 9.90. The Kier molecular flexibility index (Phi) is 3.30. The van der Waals surface area contributed by atoms with E-state index in [1.165, 1.54) is 0 Å². The number of hydrogen-bond donors (Lipinski definition) is 0. The van der Waals surface area contributed by atoms with Crippen LogP contribution in [0, 0.1) is 0 Å². The molecule has 0 bridgehead atoms. The van der Waals surface area contributed by atoms with Crippen molar-refractivity contribution in [3.63, 3.8) is 0 Å². The van der Waals surface area contributed by atoms with Crippen molar-refractivity contribution >= 4 is 23.7 Å². The molecule has 2 rings (SSSR count). The van der Waals surface area contributed by atoms with Crippen LogP contribution in [0.3, 0.4) is 0 Å². The SMILES string of the molecule is ClC1=CCCN=C1N=Cc1ccccc1. The van der Waals surface area contributed by atoms with Crippen molar-refractivity contribution in [2.75, 3.05) is 6.54 Å². The van der Waals surface area contributed by atoms with E-state index in [9.17, 15) is 0 Å². The van der Waals surface area contributed by atoms with Crippen molar-refractivity contribution < 1.29 is 0 Å². The highest BCUT2D eigenvalue weighted by atomic mass is 35.5. The summed E-state index contributed by atoms with van der Waals surface area (Å²) in [5.41, 5.74) is 1.05. The second-order valence-electron chi connectivity index (χ2n) is 3.21. The maximum Gasteiger partial charge on any atom is 0.165 e. The number of benzene rings is 1. The number of nitrogens with zero attached hydrogens (tertiary/aromatic N) is 2. The van der Waals surface area contributed by atoms with Crippen molar-refractivity contribution in [2.24, 2.45) is 9.98 Å². The summed E-state index contributed by atoms with van der Waals surface area (Å²) >= 11 is 5.97. The summed E-state index contributed by atoms with van der Waals surface area (Å²) in [4.78, 5) is 8.50. The first-order valence-electron chi connectivity index (χ1n) is 4.86. The smallest absolute Gasteiger partial charge is 0.165 e. The minimum absolute atomic E-state index is 0.631. The molecular weight excluding hydrogens is 208 g/mol. The highest BCUT2D eigenvalue weighted by Gasteiger charge is 2.05. The van der Waals surface area contributed by atoms with Gasteiger partial charge in [-0.2, -0.15) is 0 Å². The molecule has 0 N–H and O–H groups in total. The minimum Gasteiger partial charge on any atom is -0.265 e. The zero-order valence-corrected chi connectivity index (χ0v) is 8.98. The lowest BCUT2D eigenvalue weighted by atomic mass is 10.2. The van der Waals surface area contributed by atoms with E-state index in [4.69, 9.17) is 11.6 Å². The Morgan fingerprint density at radius 1 is 1.27 bits per heavy atom. The lowest BCUT2D eigenvalue weighted by molar-refractivity contribution is 0.986. The molecule has 2 nitrogen and oxygen atoms in total. The molecule has 0 amide bonds. The van der Waals surface area contributed by atoms with Gasteiger partial charge in [-0.1, -0.05) is 48.0 Å². The molecule has 1 aromatic carbocycles. The van der Waals surface area contributed by atoms with Gasteiger partial charge in [-0.3, -0.25) is 4.99 Å². The van der Waals surface area contributed by atoms with E-state index in [1.54, 1.807) is 6.21 Å². The number of halogens is 1. The van der Waals surface area contributed by atoms with Crippen LogP contribution in [-0.4, -0.2) is 18.6 Å². The third-order valence-electron chi connectivity index (χ3n) is 2.06. The van der Waals surface area contributed by atoms with E-state index < -0.39 is 0 Å². The summed E-state index contributed by atoms with van der Waals surface area (Å²) in [7, 11) is 0. The first kappa shape index (κ1) is 10.1. The Labute approximate surface area is 94.0 Å². The lowest BCUT2D eigenvalue weighted by Gasteiger charge is -2.04. The van der Waals surface area contributed by atoms with Crippen molar-refractivity contribution in [2.45, 2.75) is 6.42 Å². The molecule has 3 heteroatoms. The van der Waals surface area contributed by atoms with Gasteiger partial charge in [0.25, 0.3) is 0 Å².